The Labute approximate surface area is 137 Å². The van der Waals surface area contributed by atoms with Gasteiger partial charge in [0.15, 0.2) is 0 Å². The molecule has 0 aliphatic heterocycles. The van der Waals surface area contributed by atoms with Gasteiger partial charge in [-0.3, -0.25) is 0 Å². The second-order valence-corrected chi connectivity index (χ2v) is 8.16. The molecule has 3 rings (SSSR count). The zero-order valence-electron chi connectivity index (χ0n) is 10.7. The van der Waals surface area contributed by atoms with Gasteiger partial charge in [-0.15, -0.1) is 11.3 Å². The molecule has 0 spiro atoms. The highest BCUT2D eigenvalue weighted by molar-refractivity contribution is 9.11. The lowest BCUT2D eigenvalue weighted by Gasteiger charge is -2.14. The molecule has 0 radical (unpaired) electrons. The first-order chi connectivity index (χ1) is 9.58. The van der Waals surface area contributed by atoms with E-state index in [9.17, 15) is 4.39 Å². The topological polar surface area (TPSA) is 0 Å². The largest absolute Gasteiger partial charge is 0.206 e. The van der Waals surface area contributed by atoms with Crippen LogP contribution in [0, 0.1) is 12.7 Å². The van der Waals surface area contributed by atoms with Gasteiger partial charge in [0.05, 0.1) is 8.61 Å². The molecule has 0 aliphatic rings. The first kappa shape index (κ1) is 14.2. The summed E-state index contributed by atoms with van der Waals surface area (Å²) in [4.78, 5) is 1.32. The van der Waals surface area contributed by atoms with Gasteiger partial charge in [-0.25, -0.2) is 4.39 Å². The average Bonchev–Trinajstić information content (AvgIpc) is 2.78. The Hall–Kier alpha value is -0.710. The minimum atomic E-state index is -0.174. The van der Waals surface area contributed by atoms with E-state index in [1.807, 2.05) is 30.3 Å². The molecule has 0 saturated heterocycles. The molecule has 1 atom stereocenters. The maximum absolute atomic E-state index is 13.9. The van der Waals surface area contributed by atoms with Crippen LogP contribution in [0.2, 0.25) is 0 Å². The Morgan fingerprint density at radius 3 is 2.40 bits per heavy atom. The van der Waals surface area contributed by atoms with E-state index >= 15 is 0 Å². The van der Waals surface area contributed by atoms with Crippen LogP contribution in [-0.4, -0.2) is 0 Å². The Bertz CT molecular complexity index is 779. The zero-order valence-corrected chi connectivity index (χ0v) is 14.6. The maximum atomic E-state index is 13.9. The highest BCUT2D eigenvalue weighted by Gasteiger charge is 2.18. The summed E-state index contributed by atoms with van der Waals surface area (Å²) in [5, 5.41) is 1.62. The number of hydrogen-bond acceptors (Lipinski definition) is 1. The molecule has 3 aromatic rings. The van der Waals surface area contributed by atoms with Crippen LogP contribution in [-0.2, 0) is 0 Å². The van der Waals surface area contributed by atoms with Crippen LogP contribution in [0.25, 0.3) is 10.8 Å². The fourth-order valence-electron chi connectivity index (χ4n) is 2.38. The number of thiophene rings is 1. The molecule has 0 saturated carbocycles. The first-order valence-corrected chi connectivity index (χ1v) is 8.67. The molecule has 20 heavy (non-hydrogen) atoms. The summed E-state index contributed by atoms with van der Waals surface area (Å²) in [7, 11) is 0. The van der Waals surface area contributed by atoms with E-state index in [0.29, 0.717) is 5.39 Å². The third kappa shape index (κ3) is 2.45. The van der Waals surface area contributed by atoms with Gasteiger partial charge >= 0.3 is 0 Å². The number of halogens is 3. The first-order valence-electron chi connectivity index (χ1n) is 6.15. The lowest BCUT2D eigenvalue weighted by atomic mass is 9.98. The minimum Gasteiger partial charge on any atom is -0.206 e. The van der Waals surface area contributed by atoms with Crippen LogP contribution in [0.15, 0.2) is 46.3 Å². The van der Waals surface area contributed by atoms with E-state index in [-0.39, 0.29) is 10.6 Å². The van der Waals surface area contributed by atoms with Gasteiger partial charge in [0, 0.05) is 10.3 Å². The lowest BCUT2D eigenvalue weighted by molar-refractivity contribution is 0.639. The lowest BCUT2D eigenvalue weighted by Crippen LogP contribution is -1.95. The summed E-state index contributed by atoms with van der Waals surface area (Å²) in [6.07, 6.45) is 0. The SMILES string of the molecule is Cc1sc(Br)cc1C(Br)c1ccc(F)c2ccccc12. The third-order valence-corrected chi connectivity index (χ3v) is 5.93. The van der Waals surface area contributed by atoms with Crippen LogP contribution in [0.1, 0.15) is 20.8 Å². The summed E-state index contributed by atoms with van der Waals surface area (Å²) < 4.78 is 15.0. The fraction of sp³-hybridized carbons (Fsp3) is 0.125. The van der Waals surface area contributed by atoms with Gasteiger partial charge in [-0.1, -0.05) is 46.3 Å². The Kier molecular flexibility index (Phi) is 3.98. The number of benzene rings is 2. The van der Waals surface area contributed by atoms with Crippen molar-refractivity contribution < 1.29 is 4.39 Å². The quantitative estimate of drug-likeness (QED) is 0.415. The van der Waals surface area contributed by atoms with Crippen LogP contribution in [0.4, 0.5) is 4.39 Å². The van der Waals surface area contributed by atoms with Crippen molar-refractivity contribution in [3.05, 3.63) is 68.1 Å². The number of rotatable bonds is 2. The normalized spacial score (nSPS) is 12.8. The van der Waals surface area contributed by atoms with Crippen LogP contribution in [0.5, 0.6) is 0 Å². The van der Waals surface area contributed by atoms with Gasteiger partial charge in [0.25, 0.3) is 0 Å². The minimum absolute atomic E-state index is 0.0653. The monoisotopic (exact) mass is 412 g/mol. The summed E-state index contributed by atoms with van der Waals surface area (Å²) in [5.41, 5.74) is 2.31. The average molecular weight is 414 g/mol. The smallest absolute Gasteiger partial charge is 0.131 e. The fourth-order valence-corrected chi connectivity index (χ4v) is 5.16. The summed E-state index contributed by atoms with van der Waals surface area (Å²) in [6, 6.07) is 13.1. The van der Waals surface area contributed by atoms with Crippen LogP contribution in [0.3, 0.4) is 0 Å². The van der Waals surface area contributed by atoms with Gasteiger partial charge in [0.2, 0.25) is 0 Å². The summed E-state index contributed by atoms with van der Waals surface area (Å²) >= 11 is 9.00. The molecular formula is C16H11Br2FS. The molecule has 0 N–H and O–H groups in total. The molecule has 0 aliphatic carbocycles. The molecule has 1 aromatic heterocycles. The van der Waals surface area contributed by atoms with E-state index in [1.165, 1.54) is 10.4 Å². The van der Waals surface area contributed by atoms with Crippen LogP contribution >= 0.6 is 43.2 Å². The highest BCUT2D eigenvalue weighted by atomic mass is 79.9. The zero-order chi connectivity index (χ0) is 14.3. The van der Waals surface area contributed by atoms with Crippen molar-refractivity contribution in [3.8, 4) is 0 Å². The molecule has 0 nitrogen and oxygen atoms in total. The standard InChI is InChI=1S/C16H11Br2FS/c1-9-13(8-15(17)20-9)16(18)12-6-7-14(19)11-5-3-2-4-10(11)12/h2-8,16H,1H3. The third-order valence-electron chi connectivity index (χ3n) is 3.38. The van der Waals surface area contributed by atoms with E-state index in [0.717, 1.165) is 14.7 Å². The predicted molar refractivity (Wildman–Crippen MR) is 91.4 cm³/mol. The molecule has 0 fully saturated rings. The van der Waals surface area contributed by atoms with Crippen LogP contribution < -0.4 is 0 Å². The Morgan fingerprint density at radius 2 is 1.75 bits per heavy atom. The molecule has 4 heteroatoms. The van der Waals surface area contributed by atoms with Gasteiger partial charge in [0.1, 0.15) is 5.82 Å². The van der Waals surface area contributed by atoms with Crippen molar-refractivity contribution >= 4 is 54.0 Å². The van der Waals surface area contributed by atoms with E-state index < -0.39 is 0 Å². The predicted octanol–water partition coefficient (Wildman–Crippen LogP) is 6.60. The molecule has 1 heterocycles. The van der Waals surface area contributed by atoms with Gasteiger partial charge < -0.3 is 0 Å². The van der Waals surface area contributed by atoms with E-state index in [2.05, 4.69) is 44.8 Å². The second kappa shape index (κ2) is 5.58. The number of fused-ring (bicyclic) bond motifs is 1. The molecule has 2 aromatic carbocycles. The van der Waals surface area contributed by atoms with Crippen molar-refractivity contribution in [1.29, 1.82) is 0 Å². The number of alkyl halides is 1. The Morgan fingerprint density at radius 1 is 1.05 bits per heavy atom. The van der Waals surface area contributed by atoms with Gasteiger partial charge in [-0.2, -0.15) is 0 Å². The van der Waals surface area contributed by atoms with Crippen molar-refractivity contribution in [3.63, 3.8) is 0 Å². The summed E-state index contributed by atoms with van der Waals surface area (Å²) in [6.45, 7) is 2.10. The van der Waals surface area contributed by atoms with Crippen molar-refractivity contribution in [1.82, 2.24) is 0 Å². The van der Waals surface area contributed by atoms with E-state index in [4.69, 9.17) is 0 Å². The number of aryl methyl sites for hydroxylation is 1. The molecule has 1 unspecified atom stereocenters. The Balaban J connectivity index is 2.20. The maximum Gasteiger partial charge on any atom is 0.131 e. The van der Waals surface area contributed by atoms with Gasteiger partial charge in [-0.05, 0) is 51.5 Å². The van der Waals surface area contributed by atoms with Crippen molar-refractivity contribution in [2.75, 3.05) is 0 Å². The summed E-state index contributed by atoms with van der Waals surface area (Å²) in [5.74, 6) is -0.174. The number of hydrogen-bond donors (Lipinski definition) is 0. The molecule has 0 amide bonds. The van der Waals surface area contributed by atoms with Crippen molar-refractivity contribution in [2.24, 2.45) is 0 Å². The molecule has 102 valence electrons. The van der Waals surface area contributed by atoms with E-state index in [1.54, 1.807) is 17.4 Å². The highest BCUT2D eigenvalue weighted by Crippen LogP contribution is 2.41. The van der Waals surface area contributed by atoms with Crippen molar-refractivity contribution in [2.45, 2.75) is 11.8 Å². The second-order valence-electron chi connectivity index (χ2n) is 4.61. The molecule has 0 bridgehead atoms. The molecular weight excluding hydrogens is 403 g/mol.